The van der Waals surface area contributed by atoms with Crippen molar-refractivity contribution < 1.29 is 5.11 Å². The van der Waals surface area contributed by atoms with E-state index in [1.807, 2.05) is 4.68 Å². The van der Waals surface area contributed by atoms with Crippen molar-refractivity contribution in [3.8, 4) is 5.75 Å². The van der Waals surface area contributed by atoms with Gasteiger partial charge in [0.2, 0.25) is 0 Å². The predicted molar refractivity (Wildman–Crippen MR) is 50.5 cm³/mol. The molecule has 0 atom stereocenters. The molecule has 1 aliphatic rings. The number of aromatic nitrogens is 2. The molecule has 0 spiro atoms. The Kier molecular flexibility index (Phi) is 2.02. The molecule has 0 unspecified atom stereocenters. The molecule has 0 saturated heterocycles. The van der Waals surface area contributed by atoms with E-state index in [1.165, 1.54) is 31.9 Å². The van der Waals surface area contributed by atoms with Crippen molar-refractivity contribution in [1.82, 2.24) is 9.78 Å². The Hall–Kier alpha value is -0.990. The molecular formula is C10H16N2O. The number of hydrogen-bond donors (Lipinski definition) is 1. The van der Waals surface area contributed by atoms with Gasteiger partial charge >= 0.3 is 0 Å². The second-order valence-electron chi connectivity index (χ2n) is 4.41. The van der Waals surface area contributed by atoms with Gasteiger partial charge in [0.15, 0.2) is 5.75 Å². The first-order chi connectivity index (χ1) is 6.18. The van der Waals surface area contributed by atoms with Crippen LogP contribution in [-0.2, 0) is 6.54 Å². The van der Waals surface area contributed by atoms with Crippen LogP contribution in [0.2, 0.25) is 0 Å². The highest BCUT2D eigenvalue weighted by Gasteiger charge is 2.29. The van der Waals surface area contributed by atoms with Gasteiger partial charge in [-0.1, -0.05) is 19.8 Å². The second kappa shape index (κ2) is 3.05. The summed E-state index contributed by atoms with van der Waals surface area (Å²) in [5.41, 5.74) is 0.401. The van der Waals surface area contributed by atoms with Crippen molar-refractivity contribution >= 4 is 0 Å². The van der Waals surface area contributed by atoms with Crippen LogP contribution in [0, 0.1) is 5.41 Å². The first-order valence-corrected chi connectivity index (χ1v) is 4.89. The molecule has 1 N–H and O–H groups in total. The maximum Gasteiger partial charge on any atom is 0.153 e. The lowest BCUT2D eigenvalue weighted by atomic mass is 9.89. The fourth-order valence-electron chi connectivity index (χ4n) is 2.22. The SMILES string of the molecule is CC1(Cn2cc(O)cn2)CCCC1. The monoisotopic (exact) mass is 180 g/mol. The summed E-state index contributed by atoms with van der Waals surface area (Å²) in [4.78, 5) is 0. The standard InChI is InChI=1S/C10H16N2O/c1-10(4-2-3-5-10)8-12-7-9(13)6-11-12/h6-7,13H,2-5,8H2,1H3. The lowest BCUT2D eigenvalue weighted by Gasteiger charge is -2.22. The molecule has 2 rings (SSSR count). The molecule has 72 valence electrons. The largest absolute Gasteiger partial charge is 0.505 e. The van der Waals surface area contributed by atoms with E-state index in [0.717, 1.165) is 6.54 Å². The zero-order chi connectivity index (χ0) is 9.31. The van der Waals surface area contributed by atoms with Crippen molar-refractivity contribution in [2.24, 2.45) is 5.41 Å². The molecule has 0 bridgehead atoms. The predicted octanol–water partition coefficient (Wildman–Crippen LogP) is 2.17. The van der Waals surface area contributed by atoms with Crippen molar-refractivity contribution in [3.05, 3.63) is 12.4 Å². The highest BCUT2D eigenvalue weighted by Crippen LogP contribution is 2.38. The van der Waals surface area contributed by atoms with Gasteiger partial charge in [-0.3, -0.25) is 4.68 Å². The number of rotatable bonds is 2. The minimum Gasteiger partial charge on any atom is -0.505 e. The minimum absolute atomic E-state index is 0.265. The number of aromatic hydroxyl groups is 1. The quantitative estimate of drug-likeness (QED) is 0.757. The number of nitrogens with zero attached hydrogens (tertiary/aromatic N) is 2. The molecule has 0 aliphatic heterocycles. The summed E-state index contributed by atoms with van der Waals surface area (Å²) in [6.45, 7) is 3.24. The van der Waals surface area contributed by atoms with Crippen LogP contribution in [0.15, 0.2) is 12.4 Å². The summed E-state index contributed by atoms with van der Waals surface area (Å²) < 4.78 is 1.85. The average Bonchev–Trinajstić information content (AvgIpc) is 2.62. The molecule has 1 aromatic heterocycles. The van der Waals surface area contributed by atoms with Gasteiger partial charge in [-0.25, -0.2) is 0 Å². The van der Waals surface area contributed by atoms with Crippen molar-refractivity contribution in [2.45, 2.75) is 39.2 Å². The van der Waals surface area contributed by atoms with Crippen molar-refractivity contribution in [2.75, 3.05) is 0 Å². The molecule has 0 amide bonds. The van der Waals surface area contributed by atoms with Crippen LogP contribution >= 0.6 is 0 Å². The van der Waals surface area contributed by atoms with Gasteiger partial charge in [0.1, 0.15) is 0 Å². The molecule has 1 fully saturated rings. The molecule has 1 heterocycles. The van der Waals surface area contributed by atoms with E-state index in [4.69, 9.17) is 5.11 Å². The van der Waals surface area contributed by atoms with Crippen LogP contribution in [0.1, 0.15) is 32.6 Å². The Morgan fingerprint density at radius 1 is 1.54 bits per heavy atom. The molecular weight excluding hydrogens is 164 g/mol. The van der Waals surface area contributed by atoms with Gasteiger partial charge in [0, 0.05) is 6.54 Å². The molecule has 1 aliphatic carbocycles. The fraction of sp³-hybridized carbons (Fsp3) is 0.700. The van der Waals surface area contributed by atoms with Gasteiger partial charge in [-0.2, -0.15) is 5.10 Å². The van der Waals surface area contributed by atoms with E-state index in [9.17, 15) is 0 Å². The maximum atomic E-state index is 9.13. The topological polar surface area (TPSA) is 38.0 Å². The Bertz CT molecular complexity index is 287. The molecule has 3 nitrogen and oxygen atoms in total. The van der Waals surface area contributed by atoms with Crippen LogP contribution in [0.5, 0.6) is 5.75 Å². The van der Waals surface area contributed by atoms with E-state index in [1.54, 1.807) is 6.20 Å². The summed E-state index contributed by atoms with van der Waals surface area (Å²) >= 11 is 0. The lowest BCUT2D eigenvalue weighted by Crippen LogP contribution is -2.19. The van der Waals surface area contributed by atoms with Crippen LogP contribution < -0.4 is 0 Å². The number of hydrogen-bond acceptors (Lipinski definition) is 2. The van der Waals surface area contributed by atoms with Crippen LogP contribution in [0.4, 0.5) is 0 Å². The highest BCUT2D eigenvalue weighted by atomic mass is 16.3. The minimum atomic E-state index is 0.265. The van der Waals surface area contributed by atoms with Crippen LogP contribution in [-0.4, -0.2) is 14.9 Å². The third kappa shape index (κ3) is 1.85. The second-order valence-corrected chi connectivity index (χ2v) is 4.41. The van der Waals surface area contributed by atoms with E-state index >= 15 is 0 Å². The van der Waals surface area contributed by atoms with Gasteiger partial charge in [0.25, 0.3) is 0 Å². The van der Waals surface area contributed by atoms with E-state index in [2.05, 4.69) is 12.0 Å². The van der Waals surface area contributed by atoms with E-state index < -0.39 is 0 Å². The summed E-state index contributed by atoms with van der Waals surface area (Å²) in [6, 6.07) is 0. The zero-order valence-electron chi connectivity index (χ0n) is 8.03. The highest BCUT2D eigenvalue weighted by molar-refractivity contribution is 5.08. The average molecular weight is 180 g/mol. The van der Waals surface area contributed by atoms with Gasteiger partial charge in [-0.15, -0.1) is 0 Å². The Labute approximate surface area is 78.4 Å². The third-order valence-corrected chi connectivity index (χ3v) is 2.97. The Morgan fingerprint density at radius 2 is 2.23 bits per heavy atom. The molecule has 0 aromatic carbocycles. The summed E-state index contributed by atoms with van der Waals surface area (Å²) in [7, 11) is 0. The molecule has 13 heavy (non-hydrogen) atoms. The summed E-state index contributed by atoms with van der Waals surface area (Å²) in [6.07, 6.45) is 8.44. The molecule has 0 radical (unpaired) electrons. The van der Waals surface area contributed by atoms with E-state index in [0.29, 0.717) is 5.41 Å². The van der Waals surface area contributed by atoms with Crippen molar-refractivity contribution in [1.29, 1.82) is 0 Å². The summed E-state index contributed by atoms with van der Waals surface area (Å²) in [5, 5.41) is 13.2. The first-order valence-electron chi connectivity index (χ1n) is 4.89. The van der Waals surface area contributed by atoms with Crippen LogP contribution in [0.3, 0.4) is 0 Å². The normalized spacial score (nSPS) is 20.7. The molecule has 1 saturated carbocycles. The Balaban J connectivity index is 2.04. The fourth-order valence-corrected chi connectivity index (χ4v) is 2.22. The van der Waals surface area contributed by atoms with Gasteiger partial charge < -0.3 is 5.11 Å². The van der Waals surface area contributed by atoms with Crippen molar-refractivity contribution in [3.63, 3.8) is 0 Å². The lowest BCUT2D eigenvalue weighted by molar-refractivity contribution is 0.268. The maximum absolute atomic E-state index is 9.13. The third-order valence-electron chi connectivity index (χ3n) is 2.97. The van der Waals surface area contributed by atoms with Gasteiger partial charge in [0.05, 0.1) is 12.4 Å². The first kappa shape index (κ1) is 8.60. The van der Waals surface area contributed by atoms with E-state index in [-0.39, 0.29) is 5.75 Å². The van der Waals surface area contributed by atoms with Gasteiger partial charge in [-0.05, 0) is 18.3 Å². The molecule has 1 aromatic rings. The zero-order valence-corrected chi connectivity index (χ0v) is 8.03. The van der Waals surface area contributed by atoms with Crippen LogP contribution in [0.25, 0.3) is 0 Å². The molecule has 3 heteroatoms. The summed E-state index contributed by atoms with van der Waals surface area (Å²) in [5.74, 6) is 0.265. The Morgan fingerprint density at radius 3 is 2.77 bits per heavy atom. The smallest absolute Gasteiger partial charge is 0.153 e.